The number of nitrogens with one attached hydrogen (secondary N) is 1. The molecule has 0 unspecified atom stereocenters. The van der Waals surface area contributed by atoms with Gasteiger partial charge >= 0.3 is 0 Å². The van der Waals surface area contributed by atoms with Crippen LogP contribution in [0.1, 0.15) is 25.7 Å². The van der Waals surface area contributed by atoms with Crippen LogP contribution in [0.25, 0.3) is 0 Å². The fraction of sp³-hybridized carbons (Fsp3) is 0.533. The molecule has 0 heterocycles. The van der Waals surface area contributed by atoms with Crippen LogP contribution in [-0.2, 0) is 4.79 Å². The van der Waals surface area contributed by atoms with Crippen LogP contribution in [0.3, 0.4) is 0 Å². The molecule has 1 amide bonds. The smallest absolute Gasteiger partial charge is 0.225 e. The first-order valence-corrected chi connectivity index (χ1v) is 7.19. The second-order valence-electron chi connectivity index (χ2n) is 5.27. The number of aliphatic hydroxyl groups excluding tert-OH is 1. The number of hydrogen-bond acceptors (Lipinski definition) is 4. The maximum Gasteiger partial charge on any atom is 0.225 e. The van der Waals surface area contributed by atoms with Gasteiger partial charge in [-0.3, -0.25) is 9.69 Å². The van der Waals surface area contributed by atoms with Crippen molar-refractivity contribution < 1.29 is 9.90 Å². The van der Waals surface area contributed by atoms with E-state index in [1.807, 2.05) is 12.1 Å². The van der Waals surface area contributed by atoms with Crippen LogP contribution in [0.4, 0.5) is 11.4 Å². The van der Waals surface area contributed by atoms with Crippen LogP contribution < -0.4 is 11.1 Å². The Balaban J connectivity index is 1.78. The van der Waals surface area contributed by atoms with Crippen LogP contribution in [-0.4, -0.2) is 41.7 Å². The summed E-state index contributed by atoms with van der Waals surface area (Å²) in [7, 11) is 0. The first-order chi connectivity index (χ1) is 9.69. The van der Waals surface area contributed by atoms with Crippen LogP contribution in [0, 0.1) is 0 Å². The minimum absolute atomic E-state index is 0.0159. The highest BCUT2D eigenvalue weighted by Crippen LogP contribution is 2.24. The number of carbonyl (C=O) groups excluding carboxylic acids is 1. The molecular weight excluding hydrogens is 254 g/mol. The number of anilines is 2. The Labute approximate surface area is 119 Å². The lowest BCUT2D eigenvalue weighted by atomic mass is 9.91. The molecule has 1 aromatic carbocycles. The lowest BCUT2D eigenvalue weighted by molar-refractivity contribution is -0.116. The second-order valence-corrected chi connectivity index (χ2v) is 5.27. The van der Waals surface area contributed by atoms with Crippen molar-refractivity contribution >= 4 is 17.3 Å². The number of nitrogens with two attached hydrogens (primary N) is 1. The van der Waals surface area contributed by atoms with Gasteiger partial charge in [0, 0.05) is 36.9 Å². The van der Waals surface area contributed by atoms with Crippen molar-refractivity contribution in [3.8, 4) is 0 Å². The molecule has 5 nitrogen and oxygen atoms in total. The zero-order valence-corrected chi connectivity index (χ0v) is 11.7. The van der Waals surface area contributed by atoms with Gasteiger partial charge in [0.1, 0.15) is 0 Å². The van der Waals surface area contributed by atoms with Crippen LogP contribution in [0.5, 0.6) is 0 Å². The lowest BCUT2D eigenvalue weighted by Gasteiger charge is -2.37. The Bertz CT molecular complexity index is 446. The molecule has 5 heteroatoms. The zero-order chi connectivity index (χ0) is 14.4. The third-order valence-electron chi connectivity index (χ3n) is 3.77. The van der Waals surface area contributed by atoms with Gasteiger partial charge < -0.3 is 16.2 Å². The van der Waals surface area contributed by atoms with Gasteiger partial charge in [-0.05, 0) is 31.0 Å². The molecule has 0 atom stereocenters. The van der Waals surface area contributed by atoms with Crippen molar-refractivity contribution in [2.45, 2.75) is 31.7 Å². The van der Waals surface area contributed by atoms with Gasteiger partial charge in [0.2, 0.25) is 5.91 Å². The van der Waals surface area contributed by atoms with Crippen LogP contribution in [0.15, 0.2) is 24.3 Å². The molecule has 1 aliphatic carbocycles. The Kier molecular flexibility index (Phi) is 5.38. The van der Waals surface area contributed by atoms with Gasteiger partial charge in [-0.15, -0.1) is 0 Å². The molecular formula is C15H23N3O2. The van der Waals surface area contributed by atoms with E-state index in [0.717, 1.165) is 5.69 Å². The summed E-state index contributed by atoms with van der Waals surface area (Å²) in [6.07, 6.45) is 4.04. The molecule has 110 valence electrons. The summed E-state index contributed by atoms with van der Waals surface area (Å²) >= 11 is 0. The van der Waals surface area contributed by atoms with Gasteiger partial charge in [-0.2, -0.15) is 0 Å². The van der Waals surface area contributed by atoms with Gasteiger partial charge in [0.15, 0.2) is 0 Å². The Morgan fingerprint density at radius 1 is 1.40 bits per heavy atom. The van der Waals surface area contributed by atoms with Gasteiger partial charge in [0.25, 0.3) is 0 Å². The van der Waals surface area contributed by atoms with E-state index in [1.54, 1.807) is 12.1 Å². The van der Waals surface area contributed by atoms with E-state index in [9.17, 15) is 4.79 Å². The fourth-order valence-electron chi connectivity index (χ4n) is 2.44. The summed E-state index contributed by atoms with van der Waals surface area (Å²) in [4.78, 5) is 14.1. The van der Waals surface area contributed by atoms with Crippen molar-refractivity contribution in [1.29, 1.82) is 0 Å². The van der Waals surface area contributed by atoms with Gasteiger partial charge in [0.05, 0.1) is 6.61 Å². The molecule has 0 spiro atoms. The van der Waals surface area contributed by atoms with E-state index in [2.05, 4.69) is 10.2 Å². The Morgan fingerprint density at radius 3 is 2.80 bits per heavy atom. The quantitative estimate of drug-likeness (QED) is 0.659. The molecule has 1 aromatic rings. The number of nitrogens with zero attached hydrogens (tertiary/aromatic N) is 1. The molecule has 1 fully saturated rings. The Hall–Kier alpha value is -1.59. The van der Waals surface area contributed by atoms with Crippen molar-refractivity contribution in [3.63, 3.8) is 0 Å². The number of amides is 1. The van der Waals surface area contributed by atoms with E-state index in [1.165, 1.54) is 19.3 Å². The molecule has 0 aromatic heterocycles. The van der Waals surface area contributed by atoms with E-state index in [0.29, 0.717) is 31.2 Å². The molecule has 0 radical (unpaired) electrons. The third kappa shape index (κ3) is 4.21. The topological polar surface area (TPSA) is 78.6 Å². The number of aliphatic hydroxyl groups is 1. The number of rotatable bonds is 7. The van der Waals surface area contributed by atoms with E-state index in [4.69, 9.17) is 10.8 Å². The maximum atomic E-state index is 11.9. The summed E-state index contributed by atoms with van der Waals surface area (Å²) < 4.78 is 0. The van der Waals surface area contributed by atoms with E-state index < -0.39 is 0 Å². The molecule has 1 aliphatic rings. The summed E-state index contributed by atoms with van der Waals surface area (Å²) in [5.74, 6) is -0.0159. The van der Waals surface area contributed by atoms with Gasteiger partial charge in [-0.25, -0.2) is 0 Å². The average molecular weight is 277 g/mol. The van der Waals surface area contributed by atoms with Crippen molar-refractivity contribution in [3.05, 3.63) is 24.3 Å². The van der Waals surface area contributed by atoms with Crippen molar-refractivity contribution in [1.82, 2.24) is 4.90 Å². The first-order valence-electron chi connectivity index (χ1n) is 7.19. The van der Waals surface area contributed by atoms with Crippen LogP contribution >= 0.6 is 0 Å². The minimum atomic E-state index is -0.0159. The third-order valence-corrected chi connectivity index (χ3v) is 3.77. The standard InChI is InChI=1S/C15H23N3O2/c16-12-3-1-4-13(11-12)17-15(20)7-8-18(9-10-19)14-5-2-6-14/h1,3-4,11,14,19H,2,5-10,16H2,(H,17,20). The van der Waals surface area contributed by atoms with Gasteiger partial charge in [-0.1, -0.05) is 12.5 Å². The van der Waals surface area contributed by atoms with Crippen molar-refractivity contribution in [2.24, 2.45) is 0 Å². The largest absolute Gasteiger partial charge is 0.399 e. The summed E-state index contributed by atoms with van der Waals surface area (Å²) in [5.41, 5.74) is 7.04. The highest BCUT2D eigenvalue weighted by atomic mass is 16.3. The molecule has 1 saturated carbocycles. The molecule has 4 N–H and O–H groups in total. The average Bonchev–Trinajstić information content (AvgIpc) is 2.34. The number of carbonyl (C=O) groups is 1. The summed E-state index contributed by atoms with van der Waals surface area (Å²) in [5, 5.41) is 11.9. The highest BCUT2D eigenvalue weighted by Gasteiger charge is 2.24. The van der Waals surface area contributed by atoms with Crippen LogP contribution in [0.2, 0.25) is 0 Å². The lowest BCUT2D eigenvalue weighted by Crippen LogP contribution is -2.43. The summed E-state index contributed by atoms with van der Waals surface area (Å²) in [6.45, 7) is 1.49. The number of nitrogen functional groups attached to an aromatic ring is 1. The predicted molar refractivity (Wildman–Crippen MR) is 80.4 cm³/mol. The monoisotopic (exact) mass is 277 g/mol. The van der Waals surface area contributed by atoms with E-state index >= 15 is 0 Å². The number of benzene rings is 1. The molecule has 0 aliphatic heterocycles. The second kappa shape index (κ2) is 7.26. The molecule has 0 bridgehead atoms. The summed E-state index contributed by atoms with van der Waals surface area (Å²) in [6, 6.07) is 7.72. The molecule has 20 heavy (non-hydrogen) atoms. The van der Waals surface area contributed by atoms with Crippen molar-refractivity contribution in [2.75, 3.05) is 30.7 Å². The van der Waals surface area contributed by atoms with E-state index in [-0.39, 0.29) is 12.5 Å². The first kappa shape index (κ1) is 14.8. The maximum absolute atomic E-state index is 11.9. The molecule has 2 rings (SSSR count). The zero-order valence-electron chi connectivity index (χ0n) is 11.7. The fourth-order valence-corrected chi connectivity index (χ4v) is 2.44. The Morgan fingerprint density at radius 2 is 2.20 bits per heavy atom. The molecule has 0 saturated heterocycles. The SMILES string of the molecule is Nc1cccc(NC(=O)CCN(CCO)C2CCC2)c1. The highest BCUT2D eigenvalue weighted by molar-refractivity contribution is 5.91. The predicted octanol–water partition coefficient (Wildman–Crippen LogP) is 1.44. The number of hydrogen-bond donors (Lipinski definition) is 3. The normalized spacial score (nSPS) is 15.1. The minimum Gasteiger partial charge on any atom is -0.399 e.